The van der Waals surface area contributed by atoms with Gasteiger partial charge in [0.2, 0.25) is 0 Å². The maximum atomic E-state index is 12.4. The quantitative estimate of drug-likeness (QED) is 0.665. The number of benzene rings is 2. The van der Waals surface area contributed by atoms with Crippen LogP contribution in [-0.4, -0.2) is 9.55 Å². The number of hydrogen-bond donors (Lipinski definition) is 0. The van der Waals surface area contributed by atoms with Crippen LogP contribution >= 0.6 is 23.2 Å². The van der Waals surface area contributed by atoms with Gasteiger partial charge in [0, 0.05) is 17.0 Å². The van der Waals surface area contributed by atoms with E-state index < -0.39 is 0 Å². The predicted octanol–water partition coefficient (Wildman–Crippen LogP) is 4.95. The van der Waals surface area contributed by atoms with Crippen LogP contribution in [0.5, 0.6) is 0 Å². The maximum Gasteiger partial charge on any atom is 0.348 e. The molecular weight excluding hydrogens is 319 g/mol. The highest BCUT2D eigenvalue weighted by atomic mass is 35.5. The first kappa shape index (κ1) is 15.1. The Morgan fingerprint density at radius 3 is 2.32 bits per heavy atom. The van der Waals surface area contributed by atoms with Crippen LogP contribution in [0.3, 0.4) is 0 Å². The van der Waals surface area contributed by atoms with Crippen LogP contribution in [0.4, 0.5) is 0 Å². The summed E-state index contributed by atoms with van der Waals surface area (Å²) in [4.78, 5) is 16.7. The number of rotatable bonds is 2. The molecule has 0 atom stereocenters. The smallest absolute Gasteiger partial charge is 0.289 e. The second kappa shape index (κ2) is 5.75. The molecule has 5 heteroatoms. The fourth-order valence-corrected chi connectivity index (χ4v) is 2.87. The summed E-state index contributed by atoms with van der Waals surface area (Å²) in [6, 6.07) is 13.1. The van der Waals surface area contributed by atoms with Crippen molar-refractivity contribution in [1.29, 1.82) is 0 Å². The molecule has 0 radical (unpaired) electrons. The summed E-state index contributed by atoms with van der Waals surface area (Å²) < 4.78 is 1.63. The van der Waals surface area contributed by atoms with Crippen molar-refractivity contribution in [3.8, 4) is 11.3 Å². The molecule has 2 aromatic carbocycles. The minimum atomic E-state index is -0.292. The summed E-state index contributed by atoms with van der Waals surface area (Å²) in [5, 5.41) is 1.68. The molecule has 1 heterocycles. The minimum Gasteiger partial charge on any atom is -0.289 e. The molecule has 0 unspecified atom stereocenters. The molecular formula is C17H14Cl2N2O. The third-order valence-electron chi connectivity index (χ3n) is 3.53. The molecule has 0 spiro atoms. The summed E-state index contributed by atoms with van der Waals surface area (Å²) >= 11 is 12.3. The van der Waals surface area contributed by atoms with Crippen LogP contribution in [0.2, 0.25) is 10.0 Å². The van der Waals surface area contributed by atoms with Crippen molar-refractivity contribution in [2.24, 2.45) is 0 Å². The molecule has 3 nitrogen and oxygen atoms in total. The Kier molecular flexibility index (Phi) is 3.94. The van der Waals surface area contributed by atoms with E-state index in [0.29, 0.717) is 15.7 Å². The lowest BCUT2D eigenvalue weighted by molar-refractivity contribution is 0.587. The first-order valence-electron chi connectivity index (χ1n) is 6.95. The highest BCUT2D eigenvalue weighted by molar-refractivity contribution is 6.42. The van der Waals surface area contributed by atoms with E-state index in [-0.39, 0.29) is 11.7 Å². The van der Waals surface area contributed by atoms with Crippen molar-refractivity contribution >= 4 is 34.1 Å². The molecule has 112 valence electrons. The van der Waals surface area contributed by atoms with Crippen LogP contribution < -0.4 is 5.69 Å². The van der Waals surface area contributed by atoms with Gasteiger partial charge in [-0.3, -0.25) is 4.57 Å². The van der Waals surface area contributed by atoms with Gasteiger partial charge in [0.1, 0.15) is 0 Å². The zero-order valence-corrected chi connectivity index (χ0v) is 13.7. The van der Waals surface area contributed by atoms with E-state index in [9.17, 15) is 4.79 Å². The Hall–Kier alpha value is -1.84. The van der Waals surface area contributed by atoms with Gasteiger partial charge in [-0.25, -0.2) is 4.79 Å². The number of aromatic nitrogens is 2. The summed E-state index contributed by atoms with van der Waals surface area (Å²) in [5.74, 6) is 0. The molecule has 0 aliphatic carbocycles. The molecule has 0 aliphatic rings. The van der Waals surface area contributed by atoms with Gasteiger partial charge in [-0.15, -0.1) is 0 Å². The van der Waals surface area contributed by atoms with Gasteiger partial charge in [0.05, 0.1) is 21.3 Å². The summed E-state index contributed by atoms with van der Waals surface area (Å²) in [6.07, 6.45) is 0. The van der Waals surface area contributed by atoms with E-state index in [2.05, 4.69) is 4.98 Å². The Morgan fingerprint density at radius 2 is 1.68 bits per heavy atom. The van der Waals surface area contributed by atoms with Crippen LogP contribution in [0, 0.1) is 0 Å². The maximum absolute atomic E-state index is 12.4. The monoisotopic (exact) mass is 332 g/mol. The van der Waals surface area contributed by atoms with Crippen molar-refractivity contribution in [3.63, 3.8) is 0 Å². The fourth-order valence-electron chi connectivity index (χ4n) is 2.55. The zero-order valence-electron chi connectivity index (χ0n) is 12.2. The predicted molar refractivity (Wildman–Crippen MR) is 91.8 cm³/mol. The van der Waals surface area contributed by atoms with Crippen LogP contribution in [-0.2, 0) is 0 Å². The van der Waals surface area contributed by atoms with E-state index in [0.717, 1.165) is 16.5 Å². The molecule has 3 aromatic rings. The second-order valence-electron chi connectivity index (χ2n) is 5.36. The Morgan fingerprint density at radius 1 is 1.05 bits per heavy atom. The second-order valence-corrected chi connectivity index (χ2v) is 6.17. The molecule has 0 aliphatic heterocycles. The van der Waals surface area contributed by atoms with Gasteiger partial charge in [-0.05, 0) is 26.0 Å². The zero-order chi connectivity index (χ0) is 15.9. The van der Waals surface area contributed by atoms with Crippen LogP contribution in [0.1, 0.15) is 19.9 Å². The largest absolute Gasteiger partial charge is 0.348 e. The van der Waals surface area contributed by atoms with Gasteiger partial charge in [0.25, 0.3) is 0 Å². The van der Waals surface area contributed by atoms with Crippen molar-refractivity contribution in [2.45, 2.75) is 19.9 Å². The summed E-state index contributed by atoms with van der Waals surface area (Å²) in [5.41, 5.74) is 1.94. The third kappa shape index (κ3) is 2.51. The first-order chi connectivity index (χ1) is 10.5. The third-order valence-corrected chi connectivity index (χ3v) is 4.25. The summed E-state index contributed by atoms with van der Waals surface area (Å²) in [6.45, 7) is 3.88. The number of nitrogens with zero attached hydrogens (tertiary/aromatic N) is 2. The molecule has 1 aromatic heterocycles. The van der Waals surface area contributed by atoms with Crippen molar-refractivity contribution < 1.29 is 0 Å². The minimum absolute atomic E-state index is 0.0236. The molecule has 0 bridgehead atoms. The molecule has 22 heavy (non-hydrogen) atoms. The SMILES string of the molecule is CC(C)n1c(=O)nc(-c2ccccc2)c2cc(Cl)c(Cl)cc21. The van der Waals surface area contributed by atoms with Crippen molar-refractivity contribution in [3.05, 3.63) is 63.0 Å². The Bertz CT molecular complexity index is 902. The molecule has 3 rings (SSSR count). The fraction of sp³-hybridized carbons (Fsp3) is 0.176. The highest BCUT2D eigenvalue weighted by Crippen LogP contribution is 2.33. The Labute approximate surface area is 138 Å². The standard InChI is InChI=1S/C17H14Cl2N2O/c1-10(2)21-15-9-14(19)13(18)8-12(15)16(20-17(21)22)11-6-4-3-5-7-11/h3-10H,1-2H3. The van der Waals surface area contributed by atoms with Gasteiger partial charge in [0.15, 0.2) is 0 Å². The molecule has 0 saturated heterocycles. The number of halogens is 2. The van der Waals surface area contributed by atoms with E-state index in [4.69, 9.17) is 23.2 Å². The van der Waals surface area contributed by atoms with Gasteiger partial charge in [-0.2, -0.15) is 4.98 Å². The van der Waals surface area contributed by atoms with Gasteiger partial charge < -0.3 is 0 Å². The average Bonchev–Trinajstić information content (AvgIpc) is 2.49. The summed E-state index contributed by atoms with van der Waals surface area (Å²) in [7, 11) is 0. The number of fused-ring (bicyclic) bond motifs is 1. The molecule has 0 saturated carbocycles. The van der Waals surface area contributed by atoms with Crippen LogP contribution in [0.15, 0.2) is 47.3 Å². The first-order valence-corrected chi connectivity index (χ1v) is 7.71. The van der Waals surface area contributed by atoms with E-state index >= 15 is 0 Å². The lowest BCUT2D eigenvalue weighted by Gasteiger charge is -2.16. The van der Waals surface area contributed by atoms with Crippen molar-refractivity contribution in [2.75, 3.05) is 0 Å². The average molecular weight is 333 g/mol. The van der Waals surface area contributed by atoms with E-state index in [1.54, 1.807) is 16.7 Å². The molecule has 0 N–H and O–H groups in total. The highest BCUT2D eigenvalue weighted by Gasteiger charge is 2.15. The molecule has 0 amide bonds. The van der Waals surface area contributed by atoms with E-state index in [1.165, 1.54) is 0 Å². The lowest BCUT2D eigenvalue weighted by atomic mass is 10.1. The Balaban J connectivity index is 2.48. The van der Waals surface area contributed by atoms with Gasteiger partial charge in [-0.1, -0.05) is 53.5 Å². The van der Waals surface area contributed by atoms with E-state index in [1.807, 2.05) is 44.2 Å². The topological polar surface area (TPSA) is 34.9 Å². The normalized spacial score (nSPS) is 11.3. The van der Waals surface area contributed by atoms with Gasteiger partial charge >= 0.3 is 5.69 Å². The molecule has 0 fully saturated rings. The number of hydrogen-bond acceptors (Lipinski definition) is 2. The van der Waals surface area contributed by atoms with Crippen LogP contribution in [0.25, 0.3) is 22.2 Å². The van der Waals surface area contributed by atoms with Crippen molar-refractivity contribution in [1.82, 2.24) is 9.55 Å². The lowest BCUT2D eigenvalue weighted by Crippen LogP contribution is -2.25.